The molecule has 21 heavy (non-hydrogen) atoms. The first-order chi connectivity index (χ1) is 9.76. The van der Waals surface area contributed by atoms with E-state index in [0.717, 1.165) is 5.69 Å². The van der Waals surface area contributed by atoms with Crippen LogP contribution in [0.2, 0.25) is 0 Å². The number of thiazole rings is 1. The average molecular weight is 313 g/mol. The Morgan fingerprint density at radius 1 is 1.43 bits per heavy atom. The summed E-state index contributed by atoms with van der Waals surface area (Å²) in [5, 5.41) is 16.3. The number of aromatic nitrogens is 1. The van der Waals surface area contributed by atoms with Gasteiger partial charge in [-0.25, -0.2) is 9.78 Å². The van der Waals surface area contributed by atoms with Crippen molar-refractivity contribution in [2.75, 3.05) is 6.54 Å². The third-order valence-electron chi connectivity index (χ3n) is 2.77. The number of hydrogen-bond donors (Lipinski definition) is 3. The highest BCUT2D eigenvalue weighted by Gasteiger charge is 2.22. The van der Waals surface area contributed by atoms with Crippen LogP contribution in [-0.4, -0.2) is 34.7 Å². The van der Waals surface area contributed by atoms with E-state index in [1.807, 2.05) is 26.2 Å². The minimum Gasteiger partial charge on any atom is -0.481 e. The van der Waals surface area contributed by atoms with Crippen molar-refractivity contribution in [3.05, 3.63) is 16.6 Å². The van der Waals surface area contributed by atoms with Gasteiger partial charge in [0, 0.05) is 24.4 Å². The van der Waals surface area contributed by atoms with Gasteiger partial charge >= 0.3 is 12.0 Å². The van der Waals surface area contributed by atoms with Crippen LogP contribution in [0.5, 0.6) is 0 Å². The number of nitrogens with one attached hydrogen (secondary N) is 2. The molecule has 1 rings (SSSR count). The highest BCUT2D eigenvalue weighted by molar-refractivity contribution is 7.07. The molecule has 0 spiro atoms. The summed E-state index contributed by atoms with van der Waals surface area (Å²) in [4.78, 5) is 26.8. The lowest BCUT2D eigenvalue weighted by Crippen LogP contribution is -2.45. The van der Waals surface area contributed by atoms with E-state index >= 15 is 0 Å². The molecule has 0 aromatic carbocycles. The molecular formula is C14H23N3O3S. The largest absolute Gasteiger partial charge is 0.481 e. The average Bonchev–Trinajstić information content (AvgIpc) is 2.78. The van der Waals surface area contributed by atoms with Crippen molar-refractivity contribution in [3.63, 3.8) is 0 Å². The van der Waals surface area contributed by atoms with Gasteiger partial charge in [-0.1, -0.05) is 20.8 Å². The number of aliphatic carboxylic acids is 1. The molecule has 0 radical (unpaired) electrons. The van der Waals surface area contributed by atoms with Crippen LogP contribution in [0.4, 0.5) is 4.79 Å². The molecule has 1 heterocycles. The molecule has 3 N–H and O–H groups in total. The minimum atomic E-state index is -0.910. The molecule has 0 aliphatic heterocycles. The molecule has 0 saturated carbocycles. The van der Waals surface area contributed by atoms with Gasteiger partial charge in [0.05, 0.1) is 17.6 Å². The Kier molecular flexibility index (Phi) is 6.61. The smallest absolute Gasteiger partial charge is 0.315 e. The zero-order valence-corrected chi connectivity index (χ0v) is 13.5. The van der Waals surface area contributed by atoms with Crippen LogP contribution in [0.15, 0.2) is 10.9 Å². The second kappa shape index (κ2) is 7.97. The summed E-state index contributed by atoms with van der Waals surface area (Å²) >= 11 is 1.52. The van der Waals surface area contributed by atoms with Crippen molar-refractivity contribution in [1.82, 2.24) is 15.6 Å². The second-order valence-corrected chi connectivity index (χ2v) is 6.91. The van der Waals surface area contributed by atoms with Crippen molar-refractivity contribution >= 4 is 23.3 Å². The molecule has 118 valence electrons. The van der Waals surface area contributed by atoms with Gasteiger partial charge in [0.15, 0.2) is 0 Å². The Balaban J connectivity index is 2.38. The van der Waals surface area contributed by atoms with Crippen LogP contribution in [0, 0.1) is 5.41 Å². The van der Waals surface area contributed by atoms with Crippen molar-refractivity contribution in [1.29, 1.82) is 0 Å². The zero-order chi connectivity index (χ0) is 15.9. The molecular weight excluding hydrogens is 290 g/mol. The van der Waals surface area contributed by atoms with Crippen LogP contribution < -0.4 is 10.6 Å². The molecule has 0 aliphatic carbocycles. The van der Waals surface area contributed by atoms with E-state index in [-0.39, 0.29) is 23.9 Å². The molecule has 1 atom stereocenters. The molecule has 0 aliphatic rings. The van der Waals surface area contributed by atoms with Crippen LogP contribution in [-0.2, 0) is 11.2 Å². The molecule has 2 amide bonds. The highest BCUT2D eigenvalue weighted by atomic mass is 32.1. The summed E-state index contributed by atoms with van der Waals surface area (Å²) in [6.07, 6.45) is 1.20. The fourth-order valence-corrected chi connectivity index (χ4v) is 2.62. The summed E-state index contributed by atoms with van der Waals surface area (Å²) in [6, 6.07) is -0.706. The zero-order valence-electron chi connectivity index (χ0n) is 12.7. The third-order valence-corrected chi connectivity index (χ3v) is 3.40. The summed E-state index contributed by atoms with van der Waals surface area (Å²) < 4.78 is 0. The minimum absolute atomic E-state index is 0.0476. The van der Waals surface area contributed by atoms with Crippen molar-refractivity contribution in [2.45, 2.75) is 46.1 Å². The van der Waals surface area contributed by atoms with Crippen molar-refractivity contribution in [3.8, 4) is 0 Å². The Morgan fingerprint density at radius 2 is 2.14 bits per heavy atom. The lowest BCUT2D eigenvalue weighted by molar-refractivity contribution is -0.137. The maximum absolute atomic E-state index is 11.8. The van der Waals surface area contributed by atoms with Gasteiger partial charge in [-0.3, -0.25) is 4.79 Å². The number of hydrogen-bond acceptors (Lipinski definition) is 4. The van der Waals surface area contributed by atoms with Gasteiger partial charge in [-0.2, -0.15) is 0 Å². The molecule has 0 saturated heterocycles. The van der Waals surface area contributed by atoms with Gasteiger partial charge in [-0.05, 0) is 11.8 Å². The number of rotatable bonds is 7. The summed E-state index contributed by atoms with van der Waals surface area (Å²) in [5.74, 6) is -0.910. The van der Waals surface area contributed by atoms with Crippen LogP contribution in [0.3, 0.4) is 0 Å². The summed E-state index contributed by atoms with van der Waals surface area (Å²) in [6.45, 7) is 6.53. The molecule has 1 unspecified atom stereocenters. The van der Waals surface area contributed by atoms with Gasteiger partial charge in [-0.15, -0.1) is 11.3 Å². The van der Waals surface area contributed by atoms with Crippen LogP contribution in [0.25, 0.3) is 0 Å². The molecule has 1 aromatic heterocycles. The molecule has 6 nitrogen and oxygen atoms in total. The Morgan fingerprint density at radius 3 is 2.67 bits per heavy atom. The highest BCUT2D eigenvalue weighted by Crippen LogP contribution is 2.22. The van der Waals surface area contributed by atoms with E-state index in [4.69, 9.17) is 5.11 Å². The quantitative estimate of drug-likeness (QED) is 0.720. The predicted molar refractivity (Wildman–Crippen MR) is 82.5 cm³/mol. The summed E-state index contributed by atoms with van der Waals surface area (Å²) in [5.41, 5.74) is 2.65. The number of carbonyl (C=O) groups excluding carboxylic acids is 1. The van der Waals surface area contributed by atoms with E-state index in [1.165, 1.54) is 11.3 Å². The number of carboxylic acid groups (broad SMARTS) is 1. The number of urea groups is 1. The van der Waals surface area contributed by atoms with Gasteiger partial charge in [0.25, 0.3) is 0 Å². The molecule has 0 bridgehead atoms. The Labute approximate surface area is 129 Å². The van der Waals surface area contributed by atoms with Crippen LogP contribution >= 0.6 is 11.3 Å². The van der Waals surface area contributed by atoms with E-state index in [1.54, 1.807) is 5.51 Å². The third kappa shape index (κ3) is 8.29. The number of nitrogens with zero attached hydrogens (tertiary/aromatic N) is 1. The predicted octanol–water partition coefficient (Wildman–Crippen LogP) is 2.26. The normalized spacial score (nSPS) is 12.7. The fraction of sp³-hybridized carbons (Fsp3) is 0.643. The van der Waals surface area contributed by atoms with Gasteiger partial charge < -0.3 is 15.7 Å². The maximum Gasteiger partial charge on any atom is 0.315 e. The first kappa shape index (κ1) is 17.4. The van der Waals surface area contributed by atoms with E-state index in [2.05, 4.69) is 15.6 Å². The topological polar surface area (TPSA) is 91.3 Å². The van der Waals surface area contributed by atoms with E-state index in [9.17, 15) is 9.59 Å². The van der Waals surface area contributed by atoms with Crippen molar-refractivity contribution in [2.24, 2.45) is 5.41 Å². The van der Waals surface area contributed by atoms with Gasteiger partial charge in [0.1, 0.15) is 0 Å². The molecule has 7 heteroatoms. The molecule has 0 fully saturated rings. The Bertz CT molecular complexity index is 455. The molecule has 1 aromatic rings. The first-order valence-corrected chi connectivity index (χ1v) is 7.84. The first-order valence-electron chi connectivity index (χ1n) is 6.89. The number of amides is 2. The maximum atomic E-state index is 11.8. The Hall–Kier alpha value is -1.63. The van der Waals surface area contributed by atoms with Crippen LogP contribution in [0.1, 0.15) is 39.3 Å². The lowest BCUT2D eigenvalue weighted by Gasteiger charge is -2.25. The lowest BCUT2D eigenvalue weighted by atomic mass is 9.87. The van der Waals surface area contributed by atoms with Gasteiger partial charge in [0.2, 0.25) is 0 Å². The standard InChI is InChI=1S/C14H23N3O3S/c1-14(2,3)7-11(6-12(18)19)17-13(20)15-5-4-10-8-21-9-16-10/h8-9,11H,4-7H2,1-3H3,(H,18,19)(H2,15,17,20). The fourth-order valence-electron chi connectivity index (χ4n) is 2.03. The number of carboxylic acids is 1. The van der Waals surface area contributed by atoms with Crippen molar-refractivity contribution < 1.29 is 14.7 Å². The second-order valence-electron chi connectivity index (χ2n) is 6.19. The SMILES string of the molecule is CC(C)(C)CC(CC(=O)O)NC(=O)NCCc1cscn1. The number of carbonyl (C=O) groups is 2. The summed E-state index contributed by atoms with van der Waals surface area (Å²) in [7, 11) is 0. The monoisotopic (exact) mass is 313 g/mol. The van der Waals surface area contributed by atoms with E-state index < -0.39 is 5.97 Å². The van der Waals surface area contributed by atoms with E-state index in [0.29, 0.717) is 19.4 Å².